The van der Waals surface area contributed by atoms with Gasteiger partial charge in [0, 0.05) is 32.7 Å². The van der Waals surface area contributed by atoms with Gasteiger partial charge >= 0.3 is 0 Å². The zero-order valence-electron chi connectivity index (χ0n) is 14.6. The van der Waals surface area contributed by atoms with E-state index in [2.05, 4.69) is 17.1 Å². The Morgan fingerprint density at radius 2 is 1.71 bits per heavy atom. The number of carbonyl (C=O) groups excluding carboxylic acids is 2. The first-order valence-corrected chi connectivity index (χ1v) is 8.39. The van der Waals surface area contributed by atoms with Crippen LogP contribution in [0, 0.1) is 11.2 Å². The van der Waals surface area contributed by atoms with Crippen LogP contribution in [-0.2, 0) is 16.1 Å². The molecule has 5 nitrogen and oxygen atoms in total. The van der Waals surface area contributed by atoms with Crippen molar-refractivity contribution in [1.82, 2.24) is 15.1 Å². The van der Waals surface area contributed by atoms with Gasteiger partial charge in [-0.3, -0.25) is 9.59 Å². The Morgan fingerprint density at radius 3 is 2.25 bits per heavy atom. The number of benzene rings is 1. The van der Waals surface area contributed by atoms with Crippen LogP contribution in [-0.4, -0.2) is 54.3 Å². The summed E-state index contributed by atoms with van der Waals surface area (Å²) in [6, 6.07) is 5.94. The lowest BCUT2D eigenvalue weighted by molar-refractivity contribution is -0.149. The topological polar surface area (TPSA) is 52.7 Å². The number of likely N-dealkylation sites (N-methyl/N-ethyl adjacent to an activating group) is 1. The zero-order chi connectivity index (χ0) is 17.7. The molecule has 1 aromatic rings. The fraction of sp³-hybridized carbons (Fsp3) is 0.556. The highest BCUT2D eigenvalue weighted by molar-refractivity contribution is 6.04. The molecule has 1 aromatic carbocycles. The summed E-state index contributed by atoms with van der Waals surface area (Å²) < 4.78 is 12.9. The molecule has 1 aliphatic heterocycles. The highest BCUT2D eigenvalue weighted by atomic mass is 19.1. The molecule has 0 atom stereocenters. The maximum absolute atomic E-state index is 12.9. The van der Waals surface area contributed by atoms with Crippen LogP contribution < -0.4 is 5.32 Å². The number of hydrogen-bond donors (Lipinski definition) is 1. The van der Waals surface area contributed by atoms with Gasteiger partial charge in [0.1, 0.15) is 11.2 Å². The minimum Gasteiger partial charge on any atom is -0.351 e. The smallest absolute Gasteiger partial charge is 0.237 e. The van der Waals surface area contributed by atoms with Crippen molar-refractivity contribution >= 4 is 11.8 Å². The van der Waals surface area contributed by atoms with Crippen LogP contribution in [0.15, 0.2) is 24.3 Å². The van der Waals surface area contributed by atoms with E-state index in [0.717, 1.165) is 25.2 Å². The van der Waals surface area contributed by atoms with Gasteiger partial charge in [-0.2, -0.15) is 0 Å². The lowest BCUT2D eigenvalue weighted by Crippen LogP contribution is -2.55. The Morgan fingerprint density at radius 1 is 1.12 bits per heavy atom. The summed E-state index contributed by atoms with van der Waals surface area (Å²) in [7, 11) is 0. The van der Waals surface area contributed by atoms with Crippen LogP contribution in [0.3, 0.4) is 0 Å². The fourth-order valence-electron chi connectivity index (χ4n) is 2.77. The van der Waals surface area contributed by atoms with E-state index in [0.29, 0.717) is 13.1 Å². The zero-order valence-corrected chi connectivity index (χ0v) is 14.6. The molecule has 2 amide bonds. The number of hydrogen-bond acceptors (Lipinski definition) is 3. The van der Waals surface area contributed by atoms with Gasteiger partial charge in [-0.15, -0.1) is 0 Å². The van der Waals surface area contributed by atoms with E-state index < -0.39 is 5.41 Å². The second-order valence-corrected chi connectivity index (χ2v) is 6.66. The molecule has 1 aliphatic rings. The first kappa shape index (κ1) is 18.4. The average Bonchev–Trinajstić information content (AvgIpc) is 2.60. The Hall–Kier alpha value is -1.95. The van der Waals surface area contributed by atoms with Crippen LogP contribution in [0.4, 0.5) is 4.39 Å². The van der Waals surface area contributed by atoms with Crippen LogP contribution in [0.1, 0.15) is 26.3 Å². The number of nitrogens with zero attached hydrogens (tertiary/aromatic N) is 2. The van der Waals surface area contributed by atoms with E-state index in [9.17, 15) is 14.0 Å². The number of halogens is 1. The Kier molecular flexibility index (Phi) is 5.94. The number of amides is 2. The Balaban J connectivity index is 1.91. The summed E-state index contributed by atoms with van der Waals surface area (Å²) in [5.41, 5.74) is -0.321. The molecular weight excluding hydrogens is 309 g/mol. The van der Waals surface area contributed by atoms with Crippen molar-refractivity contribution in [3.63, 3.8) is 0 Å². The molecule has 0 spiro atoms. The van der Waals surface area contributed by atoms with Gasteiger partial charge in [0.2, 0.25) is 11.8 Å². The van der Waals surface area contributed by atoms with Crippen molar-refractivity contribution in [2.24, 2.45) is 5.41 Å². The maximum Gasteiger partial charge on any atom is 0.237 e. The Bertz CT molecular complexity index is 578. The molecule has 0 aromatic heterocycles. The first-order chi connectivity index (χ1) is 11.3. The summed E-state index contributed by atoms with van der Waals surface area (Å²) in [6.45, 7) is 9.66. The average molecular weight is 335 g/mol. The number of nitrogens with one attached hydrogen (secondary N) is 1. The minimum absolute atomic E-state index is 0.144. The van der Waals surface area contributed by atoms with Crippen LogP contribution in [0.5, 0.6) is 0 Å². The largest absolute Gasteiger partial charge is 0.351 e. The van der Waals surface area contributed by atoms with Gasteiger partial charge in [0.15, 0.2) is 0 Å². The summed E-state index contributed by atoms with van der Waals surface area (Å²) in [5, 5.41) is 2.78. The van der Waals surface area contributed by atoms with E-state index in [-0.39, 0.29) is 24.2 Å². The van der Waals surface area contributed by atoms with Gasteiger partial charge < -0.3 is 15.1 Å². The van der Waals surface area contributed by atoms with Crippen molar-refractivity contribution in [1.29, 1.82) is 0 Å². The third-order valence-corrected chi connectivity index (χ3v) is 4.58. The summed E-state index contributed by atoms with van der Waals surface area (Å²) in [4.78, 5) is 29.2. The van der Waals surface area contributed by atoms with Gasteiger partial charge in [0.25, 0.3) is 0 Å². The lowest BCUT2D eigenvalue weighted by atomic mass is 9.90. The third kappa shape index (κ3) is 4.32. The number of piperazine rings is 1. The maximum atomic E-state index is 12.9. The molecule has 6 heteroatoms. The molecule has 132 valence electrons. The van der Waals surface area contributed by atoms with Gasteiger partial charge in [0.05, 0.1) is 0 Å². The predicted octanol–water partition coefficient (Wildman–Crippen LogP) is 1.63. The van der Waals surface area contributed by atoms with E-state index in [1.165, 1.54) is 12.1 Å². The van der Waals surface area contributed by atoms with E-state index >= 15 is 0 Å². The molecule has 0 bridgehead atoms. The lowest BCUT2D eigenvalue weighted by Gasteiger charge is -2.37. The molecule has 1 saturated heterocycles. The first-order valence-electron chi connectivity index (χ1n) is 8.39. The minimum atomic E-state index is -1.12. The van der Waals surface area contributed by atoms with Crippen molar-refractivity contribution in [3.05, 3.63) is 35.6 Å². The second-order valence-electron chi connectivity index (χ2n) is 6.66. The van der Waals surface area contributed by atoms with Crippen LogP contribution in [0.2, 0.25) is 0 Å². The predicted molar refractivity (Wildman–Crippen MR) is 90.7 cm³/mol. The molecule has 24 heavy (non-hydrogen) atoms. The third-order valence-electron chi connectivity index (χ3n) is 4.58. The molecule has 0 saturated carbocycles. The van der Waals surface area contributed by atoms with Crippen molar-refractivity contribution < 1.29 is 14.0 Å². The molecule has 1 fully saturated rings. The van der Waals surface area contributed by atoms with E-state index in [1.807, 2.05) is 0 Å². The van der Waals surface area contributed by atoms with Crippen LogP contribution >= 0.6 is 0 Å². The summed E-state index contributed by atoms with van der Waals surface area (Å²) in [6.07, 6.45) is 0. The normalized spacial score (nSPS) is 16.1. The molecule has 0 aliphatic carbocycles. The molecule has 0 radical (unpaired) electrons. The van der Waals surface area contributed by atoms with Crippen molar-refractivity contribution in [3.8, 4) is 0 Å². The van der Waals surface area contributed by atoms with Crippen LogP contribution in [0.25, 0.3) is 0 Å². The molecule has 1 heterocycles. The molecular formula is C18H26FN3O2. The van der Waals surface area contributed by atoms with Crippen molar-refractivity contribution in [2.75, 3.05) is 32.7 Å². The van der Waals surface area contributed by atoms with E-state index in [4.69, 9.17) is 0 Å². The fourth-order valence-corrected chi connectivity index (χ4v) is 2.77. The Labute approximate surface area is 142 Å². The monoisotopic (exact) mass is 335 g/mol. The molecule has 1 N–H and O–H groups in total. The van der Waals surface area contributed by atoms with Gasteiger partial charge in [-0.1, -0.05) is 19.1 Å². The summed E-state index contributed by atoms with van der Waals surface area (Å²) >= 11 is 0. The molecule has 0 unspecified atom stereocenters. The SMILES string of the molecule is CCN1CCN(C(=O)C(C)(C)C(=O)NCc2ccc(F)cc2)CC1. The second kappa shape index (κ2) is 7.75. The van der Waals surface area contributed by atoms with E-state index in [1.54, 1.807) is 30.9 Å². The number of rotatable bonds is 5. The van der Waals surface area contributed by atoms with Gasteiger partial charge in [-0.25, -0.2) is 4.39 Å². The van der Waals surface area contributed by atoms with Crippen molar-refractivity contribution in [2.45, 2.75) is 27.3 Å². The summed E-state index contributed by atoms with van der Waals surface area (Å²) in [5.74, 6) is -0.767. The molecule has 2 rings (SSSR count). The number of carbonyl (C=O) groups is 2. The van der Waals surface area contributed by atoms with Gasteiger partial charge in [-0.05, 0) is 38.1 Å². The highest BCUT2D eigenvalue weighted by Gasteiger charge is 2.39. The quantitative estimate of drug-likeness (QED) is 0.832. The standard InChI is InChI=1S/C18H26FN3O2/c1-4-21-9-11-22(12-10-21)17(24)18(2,3)16(23)20-13-14-5-7-15(19)8-6-14/h5-8H,4,9-13H2,1-3H3,(H,20,23). The highest BCUT2D eigenvalue weighted by Crippen LogP contribution is 2.21.